The van der Waals surface area contributed by atoms with Gasteiger partial charge in [0.1, 0.15) is 0 Å². The lowest BCUT2D eigenvalue weighted by molar-refractivity contribution is 0.204. The maximum absolute atomic E-state index is 6.40. The van der Waals surface area contributed by atoms with Gasteiger partial charge in [-0.25, -0.2) is 0 Å². The lowest BCUT2D eigenvalue weighted by Crippen LogP contribution is -2.62. The van der Waals surface area contributed by atoms with E-state index < -0.39 is 25.8 Å². The predicted molar refractivity (Wildman–Crippen MR) is 103 cm³/mol. The molecule has 0 heterocycles. The minimum Gasteiger partial charge on any atom is -0.415 e. The van der Waals surface area contributed by atoms with Gasteiger partial charge >= 0.3 is 25.8 Å². The topological polar surface area (TPSA) is 61.0 Å². The van der Waals surface area contributed by atoms with Crippen molar-refractivity contribution >= 4 is 25.8 Å². The fraction of sp³-hybridized carbons (Fsp3) is 1.00. The Labute approximate surface area is 146 Å². The van der Waals surface area contributed by atoms with E-state index in [9.17, 15) is 0 Å². The first kappa shape index (κ1) is 23.4. The molecular formula is C14H38N2O4Si3. The van der Waals surface area contributed by atoms with Crippen LogP contribution in [0.25, 0.3) is 0 Å². The summed E-state index contributed by atoms with van der Waals surface area (Å²) in [6.45, 7) is 20.6. The summed E-state index contributed by atoms with van der Waals surface area (Å²) in [7, 11) is -6.93. The summed E-state index contributed by atoms with van der Waals surface area (Å²) < 4.78 is 24.4. The van der Waals surface area contributed by atoms with E-state index in [2.05, 4.69) is 50.0 Å². The first-order valence-corrected chi connectivity index (χ1v) is 16.7. The summed E-state index contributed by atoms with van der Waals surface area (Å²) in [5, 5.41) is 3.38. The largest absolute Gasteiger partial charge is 0.415 e. The van der Waals surface area contributed by atoms with Gasteiger partial charge < -0.3 is 22.4 Å². The summed E-state index contributed by atoms with van der Waals surface area (Å²) in [6.07, 6.45) is 1.14. The summed E-state index contributed by atoms with van der Waals surface area (Å²) in [6, 6.07) is 0. The molecule has 0 amide bonds. The molecule has 0 aliphatic heterocycles. The van der Waals surface area contributed by atoms with Crippen LogP contribution in [0.15, 0.2) is 0 Å². The molecule has 0 bridgehead atoms. The molecule has 1 atom stereocenters. The van der Waals surface area contributed by atoms with E-state index in [0.717, 1.165) is 26.1 Å². The highest BCUT2D eigenvalue weighted by Crippen LogP contribution is 2.20. The van der Waals surface area contributed by atoms with Gasteiger partial charge in [-0.3, -0.25) is 4.98 Å². The summed E-state index contributed by atoms with van der Waals surface area (Å²) in [4.78, 5) is 3.49. The van der Waals surface area contributed by atoms with Gasteiger partial charge in [-0.15, -0.1) is 0 Å². The second-order valence-electron chi connectivity index (χ2n) is 6.49. The molecule has 2 N–H and O–H groups in total. The SMILES string of the molecule is CCCNCCN[Si](C)(OCC)O[Si](C)(C)O[Si](C)(C)OCC. The zero-order valence-electron chi connectivity index (χ0n) is 16.4. The molecule has 6 nitrogen and oxygen atoms in total. The summed E-state index contributed by atoms with van der Waals surface area (Å²) >= 11 is 0. The Hall–Kier alpha value is 0.411. The third-order valence-corrected chi connectivity index (χ3v) is 13.2. The summed E-state index contributed by atoms with van der Waals surface area (Å²) in [5.41, 5.74) is 0. The molecule has 140 valence electrons. The van der Waals surface area contributed by atoms with Crippen molar-refractivity contribution in [1.29, 1.82) is 0 Å². The maximum atomic E-state index is 6.40. The maximum Gasteiger partial charge on any atom is 0.412 e. The molecule has 0 aromatic heterocycles. The van der Waals surface area contributed by atoms with Gasteiger partial charge in [-0.1, -0.05) is 6.92 Å². The molecule has 23 heavy (non-hydrogen) atoms. The number of hydrogen-bond donors (Lipinski definition) is 2. The number of rotatable bonds is 14. The Kier molecular flexibility index (Phi) is 11.3. The average Bonchev–Trinajstić information content (AvgIpc) is 2.36. The van der Waals surface area contributed by atoms with Crippen molar-refractivity contribution in [2.24, 2.45) is 0 Å². The van der Waals surface area contributed by atoms with Crippen LogP contribution >= 0.6 is 0 Å². The Balaban J connectivity index is 4.61. The van der Waals surface area contributed by atoms with Crippen molar-refractivity contribution in [2.45, 2.75) is 59.9 Å². The molecule has 0 aliphatic carbocycles. The first-order valence-electron chi connectivity index (χ1n) is 8.73. The molecule has 0 saturated carbocycles. The van der Waals surface area contributed by atoms with Crippen LogP contribution in [0.2, 0.25) is 32.7 Å². The Morgan fingerprint density at radius 1 is 0.696 bits per heavy atom. The van der Waals surface area contributed by atoms with Crippen LogP contribution in [0, 0.1) is 0 Å². The quantitative estimate of drug-likeness (QED) is 0.356. The Morgan fingerprint density at radius 3 is 1.83 bits per heavy atom. The van der Waals surface area contributed by atoms with Crippen molar-refractivity contribution in [3.63, 3.8) is 0 Å². The van der Waals surface area contributed by atoms with E-state index in [1.807, 2.05) is 13.8 Å². The van der Waals surface area contributed by atoms with Crippen molar-refractivity contribution < 1.29 is 17.1 Å². The van der Waals surface area contributed by atoms with Gasteiger partial charge in [-0.05, 0) is 59.5 Å². The lowest BCUT2D eigenvalue weighted by atomic mass is 10.5. The van der Waals surface area contributed by atoms with Crippen molar-refractivity contribution in [2.75, 3.05) is 32.8 Å². The minimum atomic E-state index is -2.45. The van der Waals surface area contributed by atoms with Crippen LogP contribution < -0.4 is 10.3 Å². The zero-order valence-corrected chi connectivity index (χ0v) is 19.4. The monoisotopic (exact) mass is 382 g/mol. The van der Waals surface area contributed by atoms with Crippen molar-refractivity contribution in [3.8, 4) is 0 Å². The van der Waals surface area contributed by atoms with E-state index in [0.29, 0.717) is 13.2 Å². The van der Waals surface area contributed by atoms with Crippen LogP contribution in [0.1, 0.15) is 27.2 Å². The molecule has 0 aromatic carbocycles. The predicted octanol–water partition coefficient (Wildman–Crippen LogP) is 2.65. The van der Waals surface area contributed by atoms with Crippen molar-refractivity contribution in [3.05, 3.63) is 0 Å². The standard InChI is InChI=1S/C14H38N2O4Si3/c1-9-12-15-13-14-16-23(8,18-11-3)20-22(6,7)19-21(4,5)17-10-2/h15-16H,9-14H2,1-8H3. The van der Waals surface area contributed by atoms with E-state index >= 15 is 0 Å². The van der Waals surface area contributed by atoms with Gasteiger partial charge in [0.25, 0.3) is 0 Å². The van der Waals surface area contributed by atoms with Crippen LogP contribution in [-0.2, 0) is 17.1 Å². The van der Waals surface area contributed by atoms with E-state index in [-0.39, 0.29) is 0 Å². The average molecular weight is 383 g/mol. The van der Waals surface area contributed by atoms with Crippen LogP contribution in [0.3, 0.4) is 0 Å². The second kappa shape index (κ2) is 11.1. The first-order chi connectivity index (χ1) is 10.6. The molecule has 0 aliphatic rings. The highest BCUT2D eigenvalue weighted by atomic mass is 28.5. The smallest absolute Gasteiger partial charge is 0.412 e. The molecule has 0 rings (SSSR count). The second-order valence-corrected chi connectivity index (χ2v) is 16.5. The number of nitrogens with one attached hydrogen (secondary N) is 2. The fourth-order valence-corrected chi connectivity index (χ4v) is 14.2. The van der Waals surface area contributed by atoms with E-state index in [1.54, 1.807) is 0 Å². The van der Waals surface area contributed by atoms with Gasteiger partial charge in [0.2, 0.25) is 0 Å². The lowest BCUT2D eigenvalue weighted by Gasteiger charge is -2.38. The van der Waals surface area contributed by atoms with Crippen LogP contribution in [-0.4, -0.2) is 58.7 Å². The molecular weight excluding hydrogens is 344 g/mol. The Bertz CT molecular complexity index is 322. The van der Waals surface area contributed by atoms with E-state index in [4.69, 9.17) is 17.1 Å². The molecule has 9 heteroatoms. The van der Waals surface area contributed by atoms with Gasteiger partial charge in [-0.2, -0.15) is 0 Å². The van der Waals surface area contributed by atoms with Gasteiger partial charge in [0.15, 0.2) is 0 Å². The van der Waals surface area contributed by atoms with Crippen molar-refractivity contribution in [1.82, 2.24) is 10.3 Å². The minimum absolute atomic E-state index is 0.634. The van der Waals surface area contributed by atoms with Gasteiger partial charge in [0, 0.05) is 26.3 Å². The Morgan fingerprint density at radius 2 is 1.30 bits per heavy atom. The van der Waals surface area contributed by atoms with Crippen LogP contribution in [0.5, 0.6) is 0 Å². The van der Waals surface area contributed by atoms with Gasteiger partial charge in [0.05, 0.1) is 0 Å². The molecule has 1 unspecified atom stereocenters. The molecule has 0 radical (unpaired) electrons. The zero-order chi connectivity index (χ0) is 18.0. The summed E-state index contributed by atoms with van der Waals surface area (Å²) in [5.74, 6) is 0. The van der Waals surface area contributed by atoms with E-state index in [1.165, 1.54) is 0 Å². The normalized spacial score (nSPS) is 15.7. The molecule has 0 spiro atoms. The molecule has 0 fully saturated rings. The number of hydrogen-bond acceptors (Lipinski definition) is 6. The highest BCUT2D eigenvalue weighted by Gasteiger charge is 2.44. The van der Waals surface area contributed by atoms with Crippen LogP contribution in [0.4, 0.5) is 0 Å². The third-order valence-electron chi connectivity index (χ3n) is 3.02. The molecule has 0 saturated heterocycles. The molecule has 0 aromatic rings. The fourth-order valence-electron chi connectivity index (χ4n) is 2.53. The third kappa shape index (κ3) is 11.6. The highest BCUT2D eigenvalue weighted by molar-refractivity contribution is 6.84.